The summed E-state index contributed by atoms with van der Waals surface area (Å²) in [4.78, 5) is 53.2. The minimum Gasteiger partial charge on any atom is -0.451 e. The molecule has 6 heteroatoms. The van der Waals surface area contributed by atoms with Crippen molar-refractivity contribution in [2.75, 3.05) is 0 Å². The number of rotatable bonds is 4. The first-order valence-corrected chi connectivity index (χ1v) is 11.4. The molecule has 2 fully saturated rings. The molecule has 30 heavy (non-hydrogen) atoms. The van der Waals surface area contributed by atoms with Gasteiger partial charge < -0.3 is 10.1 Å². The minimum atomic E-state index is -1.60. The maximum atomic E-state index is 13.8. The van der Waals surface area contributed by atoms with Crippen LogP contribution in [0.25, 0.3) is 0 Å². The maximum Gasteiger partial charge on any atom is 0.336 e. The molecule has 4 rings (SSSR count). The van der Waals surface area contributed by atoms with Gasteiger partial charge in [0, 0.05) is 24.3 Å². The third kappa shape index (κ3) is 2.75. The average Bonchev–Trinajstić information content (AvgIpc) is 2.99. The van der Waals surface area contributed by atoms with Crippen LogP contribution < -0.4 is 5.32 Å². The van der Waals surface area contributed by atoms with E-state index < -0.39 is 34.7 Å². The van der Waals surface area contributed by atoms with Gasteiger partial charge in [0.25, 0.3) is 0 Å². The van der Waals surface area contributed by atoms with Gasteiger partial charge in [-0.2, -0.15) is 0 Å². The van der Waals surface area contributed by atoms with E-state index in [0.717, 1.165) is 24.8 Å². The first-order chi connectivity index (χ1) is 14.0. The van der Waals surface area contributed by atoms with Gasteiger partial charge >= 0.3 is 5.97 Å². The van der Waals surface area contributed by atoms with Gasteiger partial charge in [0.15, 0.2) is 5.78 Å². The molecule has 1 N–H and O–H groups in total. The lowest BCUT2D eigenvalue weighted by atomic mass is 9.55. The monoisotopic (exact) mass is 415 g/mol. The van der Waals surface area contributed by atoms with E-state index in [1.54, 1.807) is 6.92 Å². The molecular weight excluding hydrogens is 382 g/mol. The smallest absolute Gasteiger partial charge is 0.336 e. The minimum absolute atomic E-state index is 0.0534. The highest BCUT2D eigenvalue weighted by Crippen LogP contribution is 2.60. The van der Waals surface area contributed by atoms with Crippen LogP contribution in [-0.2, 0) is 23.9 Å². The molecule has 0 aromatic heterocycles. The highest BCUT2D eigenvalue weighted by atomic mass is 16.6. The Bertz CT molecular complexity index is 858. The normalized spacial score (nSPS) is 39.1. The SMILES string of the molecule is CC(=O)[C@@H](C)[C@H]1[C@H](CC(C)C)NC(=O)[C@]12C(=O)C[C@@H]1CCCC[C@@]3(C)OC(=O)C2=C13. The van der Waals surface area contributed by atoms with Gasteiger partial charge in [0.2, 0.25) is 5.91 Å². The summed E-state index contributed by atoms with van der Waals surface area (Å²) in [6, 6.07) is -0.324. The molecule has 6 nitrogen and oxygen atoms in total. The second-order valence-corrected chi connectivity index (χ2v) is 10.4. The van der Waals surface area contributed by atoms with Crippen molar-refractivity contribution in [2.45, 2.75) is 84.8 Å². The highest BCUT2D eigenvalue weighted by molar-refractivity contribution is 6.20. The Labute approximate surface area is 178 Å². The number of hydrogen-bond donors (Lipinski definition) is 1. The molecule has 164 valence electrons. The second kappa shape index (κ2) is 7.03. The molecule has 0 bridgehead atoms. The fourth-order valence-electron chi connectivity index (χ4n) is 6.71. The zero-order valence-corrected chi connectivity index (χ0v) is 18.7. The quantitative estimate of drug-likeness (QED) is 0.563. The van der Waals surface area contributed by atoms with E-state index in [1.807, 2.05) is 6.92 Å². The van der Waals surface area contributed by atoms with Crippen molar-refractivity contribution in [3.05, 3.63) is 11.1 Å². The Hall–Kier alpha value is -1.98. The summed E-state index contributed by atoms with van der Waals surface area (Å²) in [6.45, 7) is 9.33. The lowest BCUT2D eigenvalue weighted by molar-refractivity contribution is -0.152. The molecule has 0 unspecified atom stereocenters. The van der Waals surface area contributed by atoms with Crippen LogP contribution in [0, 0.1) is 29.1 Å². The molecule has 6 atom stereocenters. The molecule has 1 saturated heterocycles. The molecule has 0 aromatic rings. The fourth-order valence-corrected chi connectivity index (χ4v) is 6.71. The number of esters is 1. The number of carbonyl (C=O) groups excluding carboxylic acids is 4. The average molecular weight is 416 g/mol. The van der Waals surface area contributed by atoms with E-state index in [9.17, 15) is 19.2 Å². The first kappa shape index (κ1) is 21.3. The molecule has 4 aliphatic rings. The Morgan fingerprint density at radius 3 is 2.53 bits per heavy atom. The number of hydrogen-bond acceptors (Lipinski definition) is 5. The number of ether oxygens (including phenoxy) is 1. The van der Waals surface area contributed by atoms with E-state index >= 15 is 0 Å². The van der Waals surface area contributed by atoms with Crippen molar-refractivity contribution in [3.8, 4) is 0 Å². The zero-order valence-electron chi connectivity index (χ0n) is 18.7. The summed E-state index contributed by atoms with van der Waals surface area (Å²) >= 11 is 0. The van der Waals surface area contributed by atoms with Crippen molar-refractivity contribution < 1.29 is 23.9 Å². The fraction of sp³-hybridized carbons (Fsp3) is 0.750. The van der Waals surface area contributed by atoms with Crippen LogP contribution >= 0.6 is 0 Å². The standard InChI is InChI=1S/C24H33NO5/c1-12(2)10-16-18(13(3)14(4)26)24(22(29)25-16)17(27)11-15-8-6-7-9-23(5)19(15)20(24)21(28)30-23/h12-13,15-16,18H,6-11H2,1-5H3,(H,25,29)/t13-,15+,16+,18+,23-,24-/m1/s1. The highest BCUT2D eigenvalue weighted by Gasteiger charge is 2.70. The molecule has 2 aliphatic heterocycles. The van der Waals surface area contributed by atoms with Gasteiger partial charge in [-0.3, -0.25) is 14.4 Å². The van der Waals surface area contributed by atoms with Crippen molar-refractivity contribution in [2.24, 2.45) is 29.1 Å². The van der Waals surface area contributed by atoms with E-state index in [2.05, 4.69) is 19.2 Å². The predicted molar refractivity (Wildman–Crippen MR) is 110 cm³/mol. The number of amides is 1. The first-order valence-electron chi connectivity index (χ1n) is 11.4. The topological polar surface area (TPSA) is 89.5 Å². The molecule has 1 saturated carbocycles. The third-order valence-corrected chi connectivity index (χ3v) is 8.01. The Balaban J connectivity index is 1.98. The lowest BCUT2D eigenvalue weighted by Crippen LogP contribution is -2.52. The summed E-state index contributed by atoms with van der Waals surface area (Å²) in [5, 5.41) is 3.04. The molecule has 0 radical (unpaired) electrons. The van der Waals surface area contributed by atoms with E-state index in [1.165, 1.54) is 6.92 Å². The molecule has 1 spiro atoms. The summed E-state index contributed by atoms with van der Waals surface area (Å²) in [6.07, 6.45) is 4.34. The van der Waals surface area contributed by atoms with Gasteiger partial charge in [-0.05, 0) is 56.9 Å². The molecular formula is C24H33NO5. The molecule has 2 heterocycles. The second-order valence-electron chi connectivity index (χ2n) is 10.4. The summed E-state index contributed by atoms with van der Waals surface area (Å²) < 4.78 is 5.90. The van der Waals surface area contributed by atoms with Crippen LogP contribution in [0.5, 0.6) is 0 Å². The number of Topliss-reactive ketones (excluding diaryl/α,β-unsaturated/α-hetero) is 2. The summed E-state index contributed by atoms with van der Waals surface area (Å²) in [7, 11) is 0. The van der Waals surface area contributed by atoms with Gasteiger partial charge in [0.1, 0.15) is 16.8 Å². The molecule has 2 aliphatic carbocycles. The van der Waals surface area contributed by atoms with Crippen LogP contribution in [0.15, 0.2) is 11.1 Å². The molecule has 0 aromatic carbocycles. The van der Waals surface area contributed by atoms with Crippen LogP contribution in [0.3, 0.4) is 0 Å². The van der Waals surface area contributed by atoms with Crippen molar-refractivity contribution >= 4 is 23.4 Å². The number of ketones is 2. The van der Waals surface area contributed by atoms with Gasteiger partial charge in [-0.25, -0.2) is 4.79 Å². The number of carbonyl (C=O) groups is 4. The van der Waals surface area contributed by atoms with Crippen LogP contribution in [-0.4, -0.2) is 35.1 Å². The van der Waals surface area contributed by atoms with Crippen molar-refractivity contribution in [1.82, 2.24) is 5.32 Å². The lowest BCUT2D eigenvalue weighted by Gasteiger charge is -2.41. The van der Waals surface area contributed by atoms with E-state index in [4.69, 9.17) is 4.74 Å². The van der Waals surface area contributed by atoms with Crippen LogP contribution in [0.2, 0.25) is 0 Å². The maximum absolute atomic E-state index is 13.8. The number of nitrogens with one attached hydrogen (secondary N) is 1. The third-order valence-electron chi connectivity index (χ3n) is 8.01. The van der Waals surface area contributed by atoms with Crippen LogP contribution in [0.4, 0.5) is 0 Å². The number of fused-ring (bicyclic) bond motifs is 1. The Morgan fingerprint density at radius 2 is 1.90 bits per heavy atom. The van der Waals surface area contributed by atoms with E-state index in [0.29, 0.717) is 12.8 Å². The van der Waals surface area contributed by atoms with E-state index in [-0.39, 0.29) is 41.4 Å². The van der Waals surface area contributed by atoms with Gasteiger partial charge in [-0.15, -0.1) is 0 Å². The Morgan fingerprint density at radius 1 is 1.20 bits per heavy atom. The zero-order chi connectivity index (χ0) is 22.0. The van der Waals surface area contributed by atoms with Gasteiger partial charge in [0.05, 0.1) is 5.57 Å². The Kier molecular flexibility index (Phi) is 4.98. The van der Waals surface area contributed by atoms with Crippen LogP contribution in [0.1, 0.15) is 73.1 Å². The predicted octanol–water partition coefficient (Wildman–Crippen LogP) is 3.13. The van der Waals surface area contributed by atoms with Crippen molar-refractivity contribution in [1.29, 1.82) is 0 Å². The van der Waals surface area contributed by atoms with Crippen molar-refractivity contribution in [3.63, 3.8) is 0 Å². The largest absolute Gasteiger partial charge is 0.451 e. The molecule has 1 amide bonds. The summed E-state index contributed by atoms with van der Waals surface area (Å²) in [5.41, 5.74) is -1.21. The summed E-state index contributed by atoms with van der Waals surface area (Å²) in [5.74, 6) is -2.10. The van der Waals surface area contributed by atoms with Gasteiger partial charge in [-0.1, -0.05) is 27.2 Å².